The van der Waals surface area contributed by atoms with Crippen LogP contribution < -0.4 is 5.32 Å². The summed E-state index contributed by atoms with van der Waals surface area (Å²) in [6.45, 7) is 10.4. The third-order valence-electron chi connectivity index (χ3n) is 3.70. The van der Waals surface area contributed by atoms with Crippen molar-refractivity contribution in [3.8, 4) is 10.6 Å². The molecular weight excluding hydrogens is 286 g/mol. The second-order valence-corrected chi connectivity index (χ2v) is 7.32. The lowest BCUT2D eigenvalue weighted by molar-refractivity contribution is -0.117. The monoisotopic (exact) mass is 307 g/mol. The van der Waals surface area contributed by atoms with E-state index in [1.54, 1.807) is 6.20 Å². The van der Waals surface area contributed by atoms with E-state index in [4.69, 9.17) is 0 Å². The zero-order chi connectivity index (χ0) is 15.6. The molecular formula is C14H21N5OS. The van der Waals surface area contributed by atoms with Crippen LogP contribution in [0.25, 0.3) is 10.6 Å². The Morgan fingerprint density at radius 2 is 2.14 bits per heavy atom. The highest BCUT2D eigenvalue weighted by Crippen LogP contribution is 2.30. The summed E-state index contributed by atoms with van der Waals surface area (Å²) in [6, 6.07) is 0. The zero-order valence-corrected chi connectivity index (χ0v) is 13.8. The first-order valence-electron chi connectivity index (χ1n) is 6.91. The van der Waals surface area contributed by atoms with Gasteiger partial charge in [-0.05, 0) is 18.3 Å². The summed E-state index contributed by atoms with van der Waals surface area (Å²) in [4.78, 5) is 12.0. The maximum Gasteiger partial charge on any atom is 0.226 e. The molecule has 6 nitrogen and oxygen atoms in total. The molecule has 0 saturated heterocycles. The van der Waals surface area contributed by atoms with E-state index < -0.39 is 0 Å². The summed E-state index contributed by atoms with van der Waals surface area (Å²) in [5, 5.41) is 19.0. The first-order chi connectivity index (χ1) is 9.77. The number of aromatic amines is 1. The fourth-order valence-electron chi connectivity index (χ4n) is 1.70. The van der Waals surface area contributed by atoms with E-state index in [1.807, 2.05) is 6.92 Å². The van der Waals surface area contributed by atoms with Gasteiger partial charge in [0.2, 0.25) is 11.0 Å². The fourth-order valence-corrected chi connectivity index (χ4v) is 2.53. The normalized spacial score (nSPS) is 13.2. The molecule has 0 aliphatic heterocycles. The summed E-state index contributed by atoms with van der Waals surface area (Å²) in [5.74, 6) is 0.269. The van der Waals surface area contributed by atoms with Gasteiger partial charge in [-0.3, -0.25) is 9.89 Å². The highest BCUT2D eigenvalue weighted by Gasteiger charge is 2.23. The Labute approximate surface area is 128 Å². The highest BCUT2D eigenvalue weighted by atomic mass is 32.1. The van der Waals surface area contributed by atoms with Gasteiger partial charge in [-0.1, -0.05) is 39.0 Å². The molecule has 2 rings (SSSR count). The molecule has 2 aromatic rings. The van der Waals surface area contributed by atoms with Crippen LogP contribution in [0.5, 0.6) is 0 Å². The maximum atomic E-state index is 12.0. The standard InChI is InChI=1S/C14H21N5OS/c1-8(14(3,4)5)6-11(20)16-13-19-18-12(21-13)10-7-15-17-9(10)2/h7-8H,6H2,1-5H3,(H,15,17)(H,16,19,20). The molecule has 0 spiro atoms. The molecule has 0 radical (unpaired) electrons. The van der Waals surface area contributed by atoms with Gasteiger partial charge in [0.1, 0.15) is 0 Å². The number of carbonyl (C=O) groups excluding carboxylic acids is 1. The van der Waals surface area contributed by atoms with Gasteiger partial charge in [0.15, 0.2) is 5.01 Å². The van der Waals surface area contributed by atoms with Crippen LogP contribution in [-0.4, -0.2) is 26.3 Å². The quantitative estimate of drug-likeness (QED) is 0.908. The lowest BCUT2D eigenvalue weighted by Gasteiger charge is -2.26. The molecule has 1 amide bonds. The highest BCUT2D eigenvalue weighted by molar-refractivity contribution is 7.18. The smallest absolute Gasteiger partial charge is 0.226 e. The van der Waals surface area contributed by atoms with Crippen molar-refractivity contribution in [1.82, 2.24) is 20.4 Å². The van der Waals surface area contributed by atoms with Gasteiger partial charge in [-0.2, -0.15) is 5.10 Å². The summed E-state index contributed by atoms with van der Waals surface area (Å²) in [7, 11) is 0. The van der Waals surface area contributed by atoms with Gasteiger partial charge in [0, 0.05) is 12.1 Å². The maximum absolute atomic E-state index is 12.0. The SMILES string of the molecule is Cc1[nH]ncc1-c1nnc(NC(=O)CC(C)C(C)(C)C)s1. The number of hydrogen-bond acceptors (Lipinski definition) is 5. The predicted octanol–water partition coefficient (Wildman–Crippen LogP) is 3.25. The molecule has 2 aromatic heterocycles. The Bertz CT molecular complexity index is 625. The molecule has 2 N–H and O–H groups in total. The largest absolute Gasteiger partial charge is 0.301 e. The van der Waals surface area contributed by atoms with Crippen LogP contribution in [-0.2, 0) is 4.79 Å². The number of nitrogens with zero attached hydrogens (tertiary/aromatic N) is 3. The van der Waals surface area contributed by atoms with E-state index >= 15 is 0 Å². The number of aromatic nitrogens is 4. The molecule has 0 aliphatic rings. The molecule has 1 atom stereocenters. The van der Waals surface area contributed by atoms with Gasteiger partial charge in [0.25, 0.3) is 0 Å². The first kappa shape index (κ1) is 15.6. The molecule has 2 heterocycles. The number of aryl methyl sites for hydroxylation is 1. The van der Waals surface area contributed by atoms with Crippen molar-refractivity contribution in [3.63, 3.8) is 0 Å². The third-order valence-corrected chi connectivity index (χ3v) is 4.57. The van der Waals surface area contributed by atoms with Crippen molar-refractivity contribution in [2.24, 2.45) is 11.3 Å². The van der Waals surface area contributed by atoms with Crippen molar-refractivity contribution >= 4 is 22.4 Å². The molecule has 114 valence electrons. The molecule has 0 bridgehead atoms. The number of rotatable bonds is 4. The summed E-state index contributed by atoms with van der Waals surface area (Å²) < 4.78 is 0. The van der Waals surface area contributed by atoms with Crippen LogP contribution >= 0.6 is 11.3 Å². The van der Waals surface area contributed by atoms with Crippen LogP contribution in [0, 0.1) is 18.3 Å². The minimum atomic E-state index is -0.0240. The van der Waals surface area contributed by atoms with Crippen molar-refractivity contribution in [3.05, 3.63) is 11.9 Å². The van der Waals surface area contributed by atoms with Gasteiger partial charge in [0.05, 0.1) is 11.8 Å². The number of hydrogen-bond donors (Lipinski definition) is 2. The fraction of sp³-hybridized carbons (Fsp3) is 0.571. The van der Waals surface area contributed by atoms with Crippen molar-refractivity contribution in [2.45, 2.75) is 41.0 Å². The Kier molecular flexibility index (Phi) is 4.41. The van der Waals surface area contributed by atoms with Crippen LogP contribution in [0.4, 0.5) is 5.13 Å². The molecule has 0 fully saturated rings. The lowest BCUT2D eigenvalue weighted by Crippen LogP contribution is -2.23. The van der Waals surface area contributed by atoms with E-state index in [2.05, 4.69) is 53.4 Å². The van der Waals surface area contributed by atoms with Gasteiger partial charge < -0.3 is 5.32 Å². The van der Waals surface area contributed by atoms with E-state index in [-0.39, 0.29) is 11.3 Å². The molecule has 0 aromatic carbocycles. The Hall–Kier alpha value is -1.76. The lowest BCUT2D eigenvalue weighted by atomic mass is 9.80. The van der Waals surface area contributed by atoms with E-state index in [0.29, 0.717) is 17.5 Å². The first-order valence-corrected chi connectivity index (χ1v) is 7.72. The van der Waals surface area contributed by atoms with Gasteiger partial charge in [-0.15, -0.1) is 10.2 Å². The van der Waals surface area contributed by atoms with Crippen LogP contribution in [0.2, 0.25) is 0 Å². The van der Waals surface area contributed by atoms with Crippen LogP contribution in [0.3, 0.4) is 0 Å². The van der Waals surface area contributed by atoms with Crippen LogP contribution in [0.1, 0.15) is 39.8 Å². The van der Waals surface area contributed by atoms with Crippen molar-refractivity contribution in [1.29, 1.82) is 0 Å². The minimum absolute atomic E-state index is 0.0240. The topological polar surface area (TPSA) is 83.6 Å². The number of H-pyrrole nitrogens is 1. The van der Waals surface area contributed by atoms with E-state index in [0.717, 1.165) is 16.3 Å². The molecule has 0 aliphatic carbocycles. The minimum Gasteiger partial charge on any atom is -0.301 e. The molecule has 7 heteroatoms. The average molecular weight is 307 g/mol. The number of carbonyl (C=O) groups is 1. The predicted molar refractivity (Wildman–Crippen MR) is 84.1 cm³/mol. The van der Waals surface area contributed by atoms with Crippen molar-refractivity contribution < 1.29 is 4.79 Å². The van der Waals surface area contributed by atoms with Gasteiger partial charge in [-0.25, -0.2) is 0 Å². The van der Waals surface area contributed by atoms with Crippen molar-refractivity contribution in [2.75, 3.05) is 5.32 Å². The van der Waals surface area contributed by atoms with E-state index in [9.17, 15) is 4.79 Å². The molecule has 21 heavy (non-hydrogen) atoms. The Balaban J connectivity index is 2.00. The number of anilines is 1. The third kappa shape index (κ3) is 3.87. The average Bonchev–Trinajstić information content (AvgIpc) is 2.96. The van der Waals surface area contributed by atoms with Gasteiger partial charge >= 0.3 is 0 Å². The Morgan fingerprint density at radius 3 is 2.71 bits per heavy atom. The zero-order valence-electron chi connectivity index (χ0n) is 13.0. The summed E-state index contributed by atoms with van der Waals surface area (Å²) in [6.07, 6.45) is 2.19. The van der Waals surface area contributed by atoms with E-state index in [1.165, 1.54) is 11.3 Å². The Morgan fingerprint density at radius 1 is 1.43 bits per heavy atom. The second kappa shape index (κ2) is 5.93. The number of nitrogens with one attached hydrogen (secondary N) is 2. The number of amides is 1. The summed E-state index contributed by atoms with van der Waals surface area (Å²) >= 11 is 1.35. The molecule has 0 saturated carbocycles. The molecule has 1 unspecified atom stereocenters. The second-order valence-electron chi connectivity index (χ2n) is 6.34. The summed E-state index contributed by atoms with van der Waals surface area (Å²) in [5.41, 5.74) is 1.96. The van der Waals surface area contributed by atoms with Crippen LogP contribution in [0.15, 0.2) is 6.20 Å².